The average molecular weight is 267 g/mol. The number of aliphatic hydroxyl groups excluding tert-OH is 2. The Morgan fingerprint density at radius 1 is 1.35 bits per heavy atom. The summed E-state index contributed by atoms with van der Waals surface area (Å²) in [5, 5.41) is 17.7. The molecule has 1 unspecified atom stereocenters. The number of benzene rings is 1. The molecule has 0 fully saturated rings. The summed E-state index contributed by atoms with van der Waals surface area (Å²) < 4.78 is 37.0. The van der Waals surface area contributed by atoms with Crippen LogP contribution in [0.3, 0.4) is 0 Å². The number of thioether (sulfide) groups is 1. The van der Waals surface area contributed by atoms with E-state index in [0.29, 0.717) is 4.90 Å². The number of alkyl halides is 3. The molecule has 0 radical (unpaired) electrons. The Kier molecular flexibility index (Phi) is 4.67. The maximum absolute atomic E-state index is 12.3. The summed E-state index contributed by atoms with van der Waals surface area (Å²) in [5.74, 6) is 0.173. The van der Waals surface area contributed by atoms with E-state index in [-0.39, 0.29) is 11.4 Å². The van der Waals surface area contributed by atoms with E-state index in [1.54, 1.807) is 0 Å². The average Bonchev–Trinajstić information content (AvgIpc) is 2.25. The molecule has 1 rings (SSSR count). The molecule has 0 saturated carbocycles. The third-order valence-corrected chi connectivity index (χ3v) is 3.21. The van der Waals surface area contributed by atoms with Crippen molar-refractivity contribution in [3.05, 3.63) is 23.8 Å². The number of anilines is 1. The SMILES string of the molecule is Nc1cc(C(F)(F)F)ccc1SCC(O)CO. The molecular formula is C10H12F3NO2S. The van der Waals surface area contributed by atoms with E-state index in [0.717, 1.165) is 23.9 Å². The van der Waals surface area contributed by atoms with Crippen LogP contribution in [0.1, 0.15) is 5.56 Å². The van der Waals surface area contributed by atoms with E-state index in [2.05, 4.69) is 0 Å². The van der Waals surface area contributed by atoms with Gasteiger partial charge in [-0.3, -0.25) is 0 Å². The quantitative estimate of drug-likeness (QED) is 0.574. The van der Waals surface area contributed by atoms with E-state index in [1.165, 1.54) is 6.07 Å². The minimum atomic E-state index is -4.41. The molecule has 0 spiro atoms. The Morgan fingerprint density at radius 3 is 2.47 bits per heavy atom. The number of halogens is 3. The number of aliphatic hydroxyl groups is 2. The fourth-order valence-electron chi connectivity index (χ4n) is 1.09. The number of hydrogen-bond acceptors (Lipinski definition) is 4. The summed E-state index contributed by atoms with van der Waals surface area (Å²) in [6.45, 7) is -0.395. The van der Waals surface area contributed by atoms with Gasteiger partial charge in [-0.05, 0) is 18.2 Å². The van der Waals surface area contributed by atoms with Gasteiger partial charge in [0.25, 0.3) is 0 Å². The largest absolute Gasteiger partial charge is 0.416 e. The molecule has 1 aromatic rings. The molecule has 1 aromatic carbocycles. The van der Waals surface area contributed by atoms with Crippen LogP contribution in [-0.2, 0) is 6.18 Å². The Morgan fingerprint density at radius 2 is 2.00 bits per heavy atom. The molecule has 0 heterocycles. The summed E-state index contributed by atoms with van der Waals surface area (Å²) >= 11 is 1.10. The molecule has 3 nitrogen and oxygen atoms in total. The zero-order valence-corrected chi connectivity index (χ0v) is 9.55. The second kappa shape index (κ2) is 5.61. The van der Waals surface area contributed by atoms with Gasteiger partial charge in [0, 0.05) is 16.3 Å². The van der Waals surface area contributed by atoms with Gasteiger partial charge >= 0.3 is 6.18 Å². The highest BCUT2D eigenvalue weighted by Gasteiger charge is 2.30. The van der Waals surface area contributed by atoms with Crippen molar-refractivity contribution in [1.82, 2.24) is 0 Å². The third-order valence-electron chi connectivity index (χ3n) is 1.98. The van der Waals surface area contributed by atoms with Crippen LogP contribution in [0.5, 0.6) is 0 Å². The van der Waals surface area contributed by atoms with Crippen LogP contribution < -0.4 is 5.73 Å². The molecule has 96 valence electrons. The summed E-state index contributed by atoms with van der Waals surface area (Å²) in [4.78, 5) is 0.450. The maximum atomic E-state index is 12.3. The molecule has 4 N–H and O–H groups in total. The van der Waals surface area contributed by atoms with E-state index in [4.69, 9.17) is 15.9 Å². The molecule has 0 bridgehead atoms. The smallest absolute Gasteiger partial charge is 0.398 e. The van der Waals surface area contributed by atoms with E-state index >= 15 is 0 Å². The van der Waals surface area contributed by atoms with Crippen molar-refractivity contribution in [2.24, 2.45) is 0 Å². The van der Waals surface area contributed by atoms with Crippen molar-refractivity contribution in [2.45, 2.75) is 17.2 Å². The number of nitrogens with two attached hydrogens (primary N) is 1. The van der Waals surface area contributed by atoms with Gasteiger partial charge in [-0.15, -0.1) is 11.8 Å². The zero-order valence-electron chi connectivity index (χ0n) is 8.74. The van der Waals surface area contributed by atoms with Gasteiger partial charge in [0.2, 0.25) is 0 Å². The standard InChI is InChI=1S/C10H12F3NO2S/c11-10(12,13)6-1-2-9(8(14)3-6)17-5-7(16)4-15/h1-3,7,15-16H,4-5,14H2. The molecule has 7 heteroatoms. The van der Waals surface area contributed by atoms with Gasteiger partial charge in [0.05, 0.1) is 18.3 Å². The van der Waals surface area contributed by atoms with Gasteiger partial charge in [-0.1, -0.05) is 0 Å². The fraction of sp³-hybridized carbons (Fsp3) is 0.400. The van der Waals surface area contributed by atoms with Crippen LogP contribution in [0.4, 0.5) is 18.9 Å². The first-order valence-electron chi connectivity index (χ1n) is 4.73. The molecule has 0 amide bonds. The first-order valence-corrected chi connectivity index (χ1v) is 5.71. The fourth-order valence-corrected chi connectivity index (χ4v) is 1.96. The predicted octanol–water partition coefficient (Wildman–Crippen LogP) is 1.73. The molecule has 0 aromatic heterocycles. The second-order valence-electron chi connectivity index (χ2n) is 3.40. The molecular weight excluding hydrogens is 255 g/mol. The Labute approximate surface area is 100 Å². The maximum Gasteiger partial charge on any atom is 0.416 e. The van der Waals surface area contributed by atoms with Crippen LogP contribution in [0.25, 0.3) is 0 Å². The Bertz CT molecular complexity index is 384. The summed E-state index contributed by atoms with van der Waals surface area (Å²) in [7, 11) is 0. The van der Waals surface area contributed by atoms with Crippen LogP contribution in [0.15, 0.2) is 23.1 Å². The first kappa shape index (κ1) is 14.1. The Balaban J connectivity index is 2.77. The number of hydrogen-bond donors (Lipinski definition) is 3. The summed E-state index contributed by atoms with van der Waals surface area (Å²) in [5.41, 5.74) is 4.69. The summed E-state index contributed by atoms with van der Waals surface area (Å²) in [6, 6.07) is 3.05. The van der Waals surface area contributed by atoms with Crippen molar-refractivity contribution in [2.75, 3.05) is 18.1 Å². The van der Waals surface area contributed by atoms with Crippen molar-refractivity contribution < 1.29 is 23.4 Å². The monoisotopic (exact) mass is 267 g/mol. The second-order valence-corrected chi connectivity index (χ2v) is 4.46. The summed E-state index contributed by atoms with van der Waals surface area (Å²) in [6.07, 6.45) is -5.33. The van der Waals surface area contributed by atoms with Crippen LogP contribution in [0.2, 0.25) is 0 Å². The van der Waals surface area contributed by atoms with Gasteiger partial charge in [0.1, 0.15) is 0 Å². The molecule has 1 atom stereocenters. The van der Waals surface area contributed by atoms with Gasteiger partial charge < -0.3 is 15.9 Å². The predicted molar refractivity (Wildman–Crippen MR) is 59.7 cm³/mol. The lowest BCUT2D eigenvalue weighted by Gasteiger charge is -2.11. The lowest BCUT2D eigenvalue weighted by molar-refractivity contribution is -0.137. The van der Waals surface area contributed by atoms with E-state index < -0.39 is 24.5 Å². The van der Waals surface area contributed by atoms with Crippen LogP contribution in [0, 0.1) is 0 Å². The molecule has 0 aliphatic rings. The number of rotatable bonds is 4. The van der Waals surface area contributed by atoms with Crippen molar-refractivity contribution in [3.8, 4) is 0 Å². The highest BCUT2D eigenvalue weighted by atomic mass is 32.2. The lowest BCUT2D eigenvalue weighted by Crippen LogP contribution is -2.14. The topological polar surface area (TPSA) is 66.5 Å². The van der Waals surface area contributed by atoms with Crippen molar-refractivity contribution in [1.29, 1.82) is 0 Å². The van der Waals surface area contributed by atoms with Crippen LogP contribution >= 0.6 is 11.8 Å². The number of nitrogen functional groups attached to an aromatic ring is 1. The minimum Gasteiger partial charge on any atom is -0.398 e. The highest BCUT2D eigenvalue weighted by molar-refractivity contribution is 7.99. The minimum absolute atomic E-state index is 0.00923. The van der Waals surface area contributed by atoms with Crippen LogP contribution in [-0.4, -0.2) is 28.7 Å². The van der Waals surface area contributed by atoms with Gasteiger partial charge in [-0.25, -0.2) is 0 Å². The van der Waals surface area contributed by atoms with Crippen molar-refractivity contribution >= 4 is 17.4 Å². The molecule has 0 saturated heterocycles. The highest BCUT2D eigenvalue weighted by Crippen LogP contribution is 2.34. The first-order chi connectivity index (χ1) is 7.84. The van der Waals surface area contributed by atoms with E-state index in [1.807, 2.05) is 0 Å². The molecule has 0 aliphatic heterocycles. The van der Waals surface area contributed by atoms with Gasteiger partial charge in [-0.2, -0.15) is 13.2 Å². The van der Waals surface area contributed by atoms with Gasteiger partial charge in [0.15, 0.2) is 0 Å². The lowest BCUT2D eigenvalue weighted by atomic mass is 10.2. The zero-order chi connectivity index (χ0) is 13.1. The van der Waals surface area contributed by atoms with E-state index in [9.17, 15) is 13.2 Å². The molecule has 0 aliphatic carbocycles. The normalized spacial score (nSPS) is 13.7. The molecule has 17 heavy (non-hydrogen) atoms. The van der Waals surface area contributed by atoms with Crippen molar-refractivity contribution in [3.63, 3.8) is 0 Å². The Hall–Kier alpha value is -0.920. The third kappa shape index (κ3) is 4.10.